The number of hydrogen-bond acceptors (Lipinski definition) is 2. The molecule has 2 N–H and O–H groups in total. The number of unbranched alkanes of at least 4 members (excludes halogenated alkanes) is 1. The van der Waals surface area contributed by atoms with Gasteiger partial charge in [-0.1, -0.05) is 12.1 Å². The van der Waals surface area contributed by atoms with Gasteiger partial charge in [0, 0.05) is 13.1 Å². The second kappa shape index (κ2) is 5.41. The van der Waals surface area contributed by atoms with Crippen LogP contribution in [-0.4, -0.2) is 24.5 Å². The Balaban J connectivity index is 1.96. The van der Waals surface area contributed by atoms with Gasteiger partial charge in [0.2, 0.25) is 0 Å². The highest BCUT2D eigenvalue weighted by Gasteiger charge is 2.17. The fraction of sp³-hybridized carbons (Fsp3) is 0.538. The largest absolute Gasteiger partial charge is 0.330 e. The molecule has 0 aliphatic carbocycles. The quantitative estimate of drug-likeness (QED) is 0.789. The average molecular weight is 222 g/mol. The Bertz CT molecular complexity index is 352. The van der Waals surface area contributed by atoms with Crippen molar-refractivity contribution in [3.63, 3.8) is 0 Å². The predicted octanol–water partition coefficient (Wildman–Crippen LogP) is 1.92. The first-order chi connectivity index (χ1) is 7.81. The standard InChI is InChI=1S/C13H19FN2/c14-13-5-3-4-11-10-16(8-2-1-7-15)9-6-12(11)13/h3-5H,1-2,6-10,15H2. The molecule has 0 bridgehead atoms. The lowest BCUT2D eigenvalue weighted by Gasteiger charge is -2.28. The molecule has 1 aromatic rings. The zero-order valence-electron chi connectivity index (χ0n) is 9.58. The molecule has 16 heavy (non-hydrogen) atoms. The van der Waals surface area contributed by atoms with Crippen molar-refractivity contribution >= 4 is 0 Å². The molecule has 0 unspecified atom stereocenters. The fourth-order valence-corrected chi connectivity index (χ4v) is 2.29. The van der Waals surface area contributed by atoms with Crippen molar-refractivity contribution < 1.29 is 4.39 Å². The van der Waals surface area contributed by atoms with Crippen LogP contribution in [0.4, 0.5) is 4.39 Å². The fourth-order valence-electron chi connectivity index (χ4n) is 2.29. The second-order valence-electron chi connectivity index (χ2n) is 4.40. The van der Waals surface area contributed by atoms with Crippen molar-refractivity contribution in [1.82, 2.24) is 4.90 Å². The van der Waals surface area contributed by atoms with Gasteiger partial charge >= 0.3 is 0 Å². The molecular formula is C13H19FN2. The molecule has 1 aliphatic heterocycles. The summed E-state index contributed by atoms with van der Waals surface area (Å²) in [6, 6.07) is 5.40. The summed E-state index contributed by atoms with van der Waals surface area (Å²) in [4.78, 5) is 2.39. The molecule has 88 valence electrons. The zero-order valence-corrected chi connectivity index (χ0v) is 9.58. The van der Waals surface area contributed by atoms with E-state index in [2.05, 4.69) is 4.90 Å². The van der Waals surface area contributed by atoms with Gasteiger partial charge in [-0.05, 0) is 49.5 Å². The van der Waals surface area contributed by atoms with Crippen LogP contribution >= 0.6 is 0 Å². The maximum absolute atomic E-state index is 13.5. The van der Waals surface area contributed by atoms with Gasteiger partial charge in [-0.3, -0.25) is 4.90 Å². The molecule has 0 saturated carbocycles. The van der Waals surface area contributed by atoms with Crippen LogP contribution in [0.3, 0.4) is 0 Å². The van der Waals surface area contributed by atoms with Gasteiger partial charge < -0.3 is 5.73 Å². The Hall–Kier alpha value is -0.930. The van der Waals surface area contributed by atoms with E-state index < -0.39 is 0 Å². The monoisotopic (exact) mass is 222 g/mol. The summed E-state index contributed by atoms with van der Waals surface area (Å²) in [5, 5.41) is 0. The van der Waals surface area contributed by atoms with Crippen molar-refractivity contribution in [2.45, 2.75) is 25.8 Å². The van der Waals surface area contributed by atoms with E-state index >= 15 is 0 Å². The predicted molar refractivity (Wildman–Crippen MR) is 63.7 cm³/mol. The Morgan fingerprint density at radius 3 is 3.00 bits per heavy atom. The number of fused-ring (bicyclic) bond motifs is 1. The van der Waals surface area contributed by atoms with E-state index in [-0.39, 0.29) is 5.82 Å². The molecular weight excluding hydrogens is 203 g/mol. The third-order valence-electron chi connectivity index (χ3n) is 3.22. The van der Waals surface area contributed by atoms with Crippen LogP contribution in [0.2, 0.25) is 0 Å². The first kappa shape index (κ1) is 11.6. The SMILES string of the molecule is NCCCCN1CCc2c(F)cccc2C1. The smallest absolute Gasteiger partial charge is 0.126 e. The minimum atomic E-state index is -0.0425. The molecule has 0 amide bonds. The lowest BCUT2D eigenvalue weighted by molar-refractivity contribution is 0.247. The summed E-state index contributed by atoms with van der Waals surface area (Å²) >= 11 is 0. The summed E-state index contributed by atoms with van der Waals surface area (Å²) in [5.74, 6) is -0.0425. The third-order valence-corrected chi connectivity index (χ3v) is 3.22. The summed E-state index contributed by atoms with van der Waals surface area (Å²) in [5.41, 5.74) is 7.54. The van der Waals surface area contributed by atoms with E-state index in [1.807, 2.05) is 6.07 Å². The number of nitrogens with zero attached hydrogens (tertiary/aromatic N) is 1. The van der Waals surface area contributed by atoms with Crippen LogP contribution in [0, 0.1) is 5.82 Å². The molecule has 0 radical (unpaired) electrons. The summed E-state index contributed by atoms with van der Waals surface area (Å²) in [7, 11) is 0. The maximum atomic E-state index is 13.5. The molecule has 0 atom stereocenters. The number of halogens is 1. The molecule has 2 rings (SSSR count). The van der Waals surface area contributed by atoms with E-state index in [1.54, 1.807) is 12.1 Å². The Labute approximate surface area is 96.2 Å². The lowest BCUT2D eigenvalue weighted by Crippen LogP contribution is -2.32. The van der Waals surface area contributed by atoms with E-state index in [0.29, 0.717) is 0 Å². The number of rotatable bonds is 4. The average Bonchev–Trinajstić information content (AvgIpc) is 2.30. The van der Waals surface area contributed by atoms with Gasteiger partial charge in [0.25, 0.3) is 0 Å². The van der Waals surface area contributed by atoms with Gasteiger partial charge in [0.15, 0.2) is 0 Å². The van der Waals surface area contributed by atoms with Crippen LogP contribution in [0.5, 0.6) is 0 Å². The Morgan fingerprint density at radius 1 is 1.31 bits per heavy atom. The Morgan fingerprint density at radius 2 is 2.19 bits per heavy atom. The maximum Gasteiger partial charge on any atom is 0.126 e. The van der Waals surface area contributed by atoms with Gasteiger partial charge in [-0.25, -0.2) is 4.39 Å². The molecule has 0 fully saturated rings. The van der Waals surface area contributed by atoms with Gasteiger partial charge in [-0.2, -0.15) is 0 Å². The highest BCUT2D eigenvalue weighted by molar-refractivity contribution is 5.30. The lowest BCUT2D eigenvalue weighted by atomic mass is 9.99. The second-order valence-corrected chi connectivity index (χ2v) is 4.40. The van der Waals surface area contributed by atoms with Crippen molar-refractivity contribution in [1.29, 1.82) is 0 Å². The van der Waals surface area contributed by atoms with Crippen LogP contribution in [0.1, 0.15) is 24.0 Å². The van der Waals surface area contributed by atoms with Crippen LogP contribution in [0.25, 0.3) is 0 Å². The van der Waals surface area contributed by atoms with E-state index in [4.69, 9.17) is 5.73 Å². The van der Waals surface area contributed by atoms with Crippen LogP contribution in [-0.2, 0) is 13.0 Å². The normalized spacial score (nSPS) is 16.1. The summed E-state index contributed by atoms with van der Waals surface area (Å²) < 4.78 is 13.5. The number of nitrogens with two attached hydrogens (primary N) is 1. The number of hydrogen-bond donors (Lipinski definition) is 1. The first-order valence-corrected chi connectivity index (χ1v) is 6.00. The first-order valence-electron chi connectivity index (χ1n) is 6.00. The minimum absolute atomic E-state index is 0.0425. The topological polar surface area (TPSA) is 29.3 Å². The van der Waals surface area contributed by atoms with Crippen molar-refractivity contribution in [2.75, 3.05) is 19.6 Å². The van der Waals surface area contributed by atoms with Crippen molar-refractivity contribution in [2.24, 2.45) is 5.73 Å². The molecule has 0 saturated heterocycles. The highest BCUT2D eigenvalue weighted by atomic mass is 19.1. The molecule has 1 heterocycles. The summed E-state index contributed by atoms with van der Waals surface area (Å²) in [6.45, 7) is 3.70. The van der Waals surface area contributed by atoms with Gasteiger partial charge in [0.05, 0.1) is 0 Å². The highest BCUT2D eigenvalue weighted by Crippen LogP contribution is 2.21. The molecule has 0 aromatic heterocycles. The Kier molecular flexibility index (Phi) is 3.91. The van der Waals surface area contributed by atoms with E-state index in [0.717, 1.165) is 56.6 Å². The molecule has 3 heteroatoms. The van der Waals surface area contributed by atoms with Gasteiger partial charge in [0.1, 0.15) is 5.82 Å². The molecule has 1 aliphatic rings. The van der Waals surface area contributed by atoms with E-state index in [1.165, 1.54) is 0 Å². The van der Waals surface area contributed by atoms with Gasteiger partial charge in [-0.15, -0.1) is 0 Å². The summed E-state index contributed by atoms with van der Waals surface area (Å²) in [6.07, 6.45) is 3.05. The van der Waals surface area contributed by atoms with Crippen molar-refractivity contribution in [3.8, 4) is 0 Å². The van der Waals surface area contributed by atoms with Crippen LogP contribution < -0.4 is 5.73 Å². The number of benzene rings is 1. The zero-order chi connectivity index (χ0) is 11.4. The third kappa shape index (κ3) is 2.60. The molecule has 0 spiro atoms. The minimum Gasteiger partial charge on any atom is -0.330 e. The molecule has 2 nitrogen and oxygen atoms in total. The van der Waals surface area contributed by atoms with E-state index in [9.17, 15) is 4.39 Å². The van der Waals surface area contributed by atoms with Crippen LogP contribution in [0.15, 0.2) is 18.2 Å². The molecule has 1 aromatic carbocycles. The van der Waals surface area contributed by atoms with Crippen molar-refractivity contribution in [3.05, 3.63) is 35.1 Å².